The number of rotatable bonds is 2. The molecule has 1 aromatic carbocycles. The third kappa shape index (κ3) is 2.16. The Bertz CT molecular complexity index is 755. The summed E-state index contributed by atoms with van der Waals surface area (Å²) in [6.45, 7) is 0. The zero-order valence-corrected chi connectivity index (χ0v) is 10.1. The zero-order valence-electron chi connectivity index (χ0n) is 10.1. The van der Waals surface area contributed by atoms with Gasteiger partial charge in [0.15, 0.2) is 11.6 Å². The average Bonchev–Trinajstić information content (AvgIpc) is 2.92. The minimum Gasteiger partial charge on any atom is -0.505 e. The molecule has 3 N–H and O–H groups in total. The molecule has 3 aromatic rings. The van der Waals surface area contributed by atoms with Gasteiger partial charge in [0.1, 0.15) is 5.82 Å². The molecule has 3 rings (SSSR count). The van der Waals surface area contributed by atoms with Gasteiger partial charge in [-0.15, -0.1) is 0 Å². The highest BCUT2D eigenvalue weighted by atomic mass is 19.1. The maximum absolute atomic E-state index is 13.3. The number of nitrogens with zero attached hydrogens (tertiary/aromatic N) is 3. The smallest absolute Gasteiger partial charge is 0.259 e. The zero-order chi connectivity index (χ0) is 14.1. The van der Waals surface area contributed by atoms with E-state index in [1.807, 2.05) is 0 Å². The molecule has 100 valence electrons. The van der Waals surface area contributed by atoms with Crippen LogP contribution >= 0.6 is 0 Å². The van der Waals surface area contributed by atoms with Gasteiger partial charge >= 0.3 is 0 Å². The third-order valence-corrected chi connectivity index (χ3v) is 2.67. The van der Waals surface area contributed by atoms with E-state index in [4.69, 9.17) is 15.4 Å². The molecule has 0 fully saturated rings. The number of halogens is 1. The van der Waals surface area contributed by atoms with Gasteiger partial charge in [-0.2, -0.15) is 4.98 Å². The largest absolute Gasteiger partial charge is 0.505 e. The van der Waals surface area contributed by atoms with E-state index in [0.29, 0.717) is 16.9 Å². The first-order chi connectivity index (χ1) is 9.63. The molecule has 0 saturated heterocycles. The second-order valence-electron chi connectivity index (χ2n) is 4.06. The number of nitrogens with two attached hydrogens (primary N) is 1. The van der Waals surface area contributed by atoms with Gasteiger partial charge in [0, 0.05) is 11.8 Å². The molecule has 0 bridgehead atoms. The van der Waals surface area contributed by atoms with E-state index in [0.717, 1.165) is 6.07 Å². The Labute approximate surface area is 112 Å². The quantitative estimate of drug-likeness (QED) is 0.742. The molecule has 0 amide bonds. The molecule has 0 aliphatic heterocycles. The summed E-state index contributed by atoms with van der Waals surface area (Å²) in [5.41, 5.74) is 6.50. The molecule has 0 aliphatic rings. The Balaban J connectivity index is 1.97. The van der Waals surface area contributed by atoms with Crippen molar-refractivity contribution in [3.05, 3.63) is 42.3 Å². The maximum Gasteiger partial charge on any atom is 0.259 e. The van der Waals surface area contributed by atoms with E-state index in [2.05, 4.69) is 15.1 Å². The number of phenols is 1. The fourth-order valence-electron chi connectivity index (χ4n) is 1.64. The van der Waals surface area contributed by atoms with Crippen LogP contribution in [0.1, 0.15) is 0 Å². The van der Waals surface area contributed by atoms with Crippen molar-refractivity contribution in [3.63, 3.8) is 0 Å². The van der Waals surface area contributed by atoms with Crippen molar-refractivity contribution in [2.24, 2.45) is 0 Å². The lowest BCUT2D eigenvalue weighted by molar-refractivity contribution is 0.430. The number of phenolic OH excluding ortho intramolecular Hbond substituents is 1. The molecule has 2 heterocycles. The van der Waals surface area contributed by atoms with Crippen molar-refractivity contribution in [2.75, 3.05) is 5.73 Å². The summed E-state index contributed by atoms with van der Waals surface area (Å²) < 4.78 is 18.4. The van der Waals surface area contributed by atoms with E-state index in [9.17, 15) is 4.39 Å². The number of hydrogen-bond acceptors (Lipinski definition) is 6. The summed E-state index contributed by atoms with van der Waals surface area (Å²) in [7, 11) is 0. The van der Waals surface area contributed by atoms with E-state index in [1.54, 1.807) is 12.1 Å². The highest BCUT2D eigenvalue weighted by Crippen LogP contribution is 2.25. The van der Waals surface area contributed by atoms with Gasteiger partial charge in [0.2, 0.25) is 5.82 Å². The molecule has 2 aromatic heterocycles. The molecular formula is C13H9FN4O2. The summed E-state index contributed by atoms with van der Waals surface area (Å²) in [6.07, 6.45) is 1.50. The standard InChI is InChI=1S/C13H9FN4O2/c14-9-5-7(1-3-10(9)19)12-17-13(20-18-12)8-2-4-11(15)16-6-8/h1-6,19H,(H2,15,16). The van der Waals surface area contributed by atoms with Gasteiger partial charge in [-0.3, -0.25) is 0 Å². The van der Waals surface area contributed by atoms with E-state index in [1.165, 1.54) is 18.3 Å². The number of benzene rings is 1. The van der Waals surface area contributed by atoms with Crippen molar-refractivity contribution in [1.29, 1.82) is 0 Å². The minimum atomic E-state index is -0.747. The Hall–Kier alpha value is -2.96. The lowest BCUT2D eigenvalue weighted by Gasteiger charge is -1.97. The molecule has 7 heteroatoms. The molecule has 0 unspecified atom stereocenters. The third-order valence-electron chi connectivity index (χ3n) is 2.67. The second kappa shape index (κ2) is 4.61. The highest BCUT2D eigenvalue weighted by molar-refractivity contribution is 5.60. The van der Waals surface area contributed by atoms with Crippen molar-refractivity contribution in [3.8, 4) is 28.6 Å². The number of aromatic hydroxyl groups is 1. The average molecular weight is 272 g/mol. The first-order valence-corrected chi connectivity index (χ1v) is 5.68. The first-order valence-electron chi connectivity index (χ1n) is 5.68. The van der Waals surface area contributed by atoms with Crippen LogP contribution in [0.4, 0.5) is 10.2 Å². The predicted octanol–water partition coefficient (Wildman–Crippen LogP) is 2.23. The lowest BCUT2D eigenvalue weighted by atomic mass is 10.2. The van der Waals surface area contributed by atoms with Crippen LogP contribution in [0.25, 0.3) is 22.8 Å². The SMILES string of the molecule is Nc1ccc(-c2nc(-c3ccc(O)c(F)c3)no2)cn1. The monoisotopic (exact) mass is 272 g/mol. The Morgan fingerprint density at radius 1 is 1.15 bits per heavy atom. The number of nitrogen functional groups attached to an aromatic ring is 1. The first kappa shape index (κ1) is 12.1. The normalized spacial score (nSPS) is 10.7. The van der Waals surface area contributed by atoms with Crippen LogP contribution < -0.4 is 5.73 Å². The number of anilines is 1. The van der Waals surface area contributed by atoms with Gasteiger partial charge in [0.05, 0.1) is 5.56 Å². The van der Waals surface area contributed by atoms with Crippen LogP contribution in [0.15, 0.2) is 41.1 Å². The predicted molar refractivity (Wildman–Crippen MR) is 69.0 cm³/mol. The molecule has 0 atom stereocenters. The molecule has 0 radical (unpaired) electrons. The number of hydrogen-bond donors (Lipinski definition) is 2. The number of pyridine rings is 1. The van der Waals surface area contributed by atoms with Gasteiger partial charge in [-0.1, -0.05) is 5.16 Å². The highest BCUT2D eigenvalue weighted by Gasteiger charge is 2.12. The summed E-state index contributed by atoms with van der Waals surface area (Å²) in [4.78, 5) is 8.06. The number of aromatic nitrogens is 3. The van der Waals surface area contributed by atoms with Crippen molar-refractivity contribution in [1.82, 2.24) is 15.1 Å². The molecule has 20 heavy (non-hydrogen) atoms. The van der Waals surface area contributed by atoms with Gasteiger partial charge < -0.3 is 15.4 Å². The summed E-state index contributed by atoms with van der Waals surface area (Å²) in [6, 6.07) is 7.15. The molecule has 0 spiro atoms. The molecule has 0 aliphatic carbocycles. The fourth-order valence-corrected chi connectivity index (χ4v) is 1.64. The lowest BCUT2D eigenvalue weighted by Crippen LogP contribution is -1.89. The molecule has 6 nitrogen and oxygen atoms in total. The maximum atomic E-state index is 13.3. The van der Waals surface area contributed by atoms with E-state index >= 15 is 0 Å². The van der Waals surface area contributed by atoms with Crippen LogP contribution in [0, 0.1) is 5.82 Å². The van der Waals surface area contributed by atoms with Crippen LogP contribution in [-0.4, -0.2) is 20.2 Å². The van der Waals surface area contributed by atoms with Gasteiger partial charge in [-0.25, -0.2) is 9.37 Å². The Kier molecular flexibility index (Phi) is 2.79. The van der Waals surface area contributed by atoms with Crippen LogP contribution in [0.5, 0.6) is 5.75 Å². The Morgan fingerprint density at radius 2 is 1.95 bits per heavy atom. The van der Waals surface area contributed by atoms with Crippen LogP contribution in [0.3, 0.4) is 0 Å². The second-order valence-corrected chi connectivity index (χ2v) is 4.06. The summed E-state index contributed by atoms with van der Waals surface area (Å²) >= 11 is 0. The molecule has 0 saturated carbocycles. The molecular weight excluding hydrogens is 263 g/mol. The summed E-state index contributed by atoms with van der Waals surface area (Å²) in [5, 5.41) is 12.9. The fraction of sp³-hybridized carbons (Fsp3) is 0. The van der Waals surface area contributed by atoms with Crippen molar-refractivity contribution < 1.29 is 14.0 Å². The van der Waals surface area contributed by atoms with Crippen LogP contribution in [0.2, 0.25) is 0 Å². The Morgan fingerprint density at radius 3 is 2.65 bits per heavy atom. The van der Waals surface area contributed by atoms with Gasteiger partial charge in [0.25, 0.3) is 5.89 Å². The van der Waals surface area contributed by atoms with E-state index < -0.39 is 11.6 Å². The summed E-state index contributed by atoms with van der Waals surface area (Å²) in [5.74, 6) is -0.325. The van der Waals surface area contributed by atoms with Gasteiger partial charge in [-0.05, 0) is 30.3 Å². The van der Waals surface area contributed by atoms with Crippen molar-refractivity contribution in [2.45, 2.75) is 0 Å². The topological polar surface area (TPSA) is 98.1 Å². The minimum absolute atomic E-state index is 0.218. The van der Waals surface area contributed by atoms with Crippen molar-refractivity contribution >= 4 is 5.82 Å². The van der Waals surface area contributed by atoms with E-state index in [-0.39, 0.29) is 11.7 Å². The van der Waals surface area contributed by atoms with Crippen LogP contribution in [-0.2, 0) is 0 Å².